The van der Waals surface area contributed by atoms with E-state index in [0.717, 1.165) is 31.8 Å². The highest BCUT2D eigenvalue weighted by atomic mass is 19.2. The van der Waals surface area contributed by atoms with Gasteiger partial charge >= 0.3 is 0 Å². The number of hydrogen-bond acceptors (Lipinski definition) is 3. The Morgan fingerprint density at radius 2 is 2.15 bits per heavy atom. The van der Waals surface area contributed by atoms with Crippen molar-refractivity contribution in [2.24, 2.45) is 0 Å². The number of carbonyl (C=O) groups excluding carboxylic acids is 1. The molecule has 0 radical (unpaired) electrons. The summed E-state index contributed by atoms with van der Waals surface area (Å²) in [6.07, 6.45) is 0. The smallest absolute Gasteiger partial charge is 0.238 e. The van der Waals surface area contributed by atoms with Gasteiger partial charge in [-0.05, 0) is 26.0 Å². The first-order valence-corrected chi connectivity index (χ1v) is 6.59. The molecule has 2 N–H and O–H groups in total. The molecule has 1 aliphatic rings. The van der Waals surface area contributed by atoms with Crippen LogP contribution in [-0.4, -0.2) is 42.5 Å². The van der Waals surface area contributed by atoms with Gasteiger partial charge in [-0.2, -0.15) is 0 Å². The normalized spacial score (nSPS) is 18.8. The molecule has 1 fully saturated rings. The Morgan fingerprint density at radius 3 is 2.80 bits per heavy atom. The Bertz CT molecular complexity index is 505. The Balaban J connectivity index is 1.96. The lowest BCUT2D eigenvalue weighted by atomic mass is 10.0. The first-order chi connectivity index (χ1) is 9.38. The van der Waals surface area contributed by atoms with Crippen molar-refractivity contribution in [1.29, 1.82) is 0 Å². The van der Waals surface area contributed by atoms with Crippen LogP contribution in [0.15, 0.2) is 18.2 Å². The zero-order valence-electron chi connectivity index (χ0n) is 11.7. The lowest BCUT2D eigenvalue weighted by molar-refractivity contribution is -0.119. The van der Waals surface area contributed by atoms with Gasteiger partial charge in [0.2, 0.25) is 5.91 Å². The summed E-state index contributed by atoms with van der Waals surface area (Å²) < 4.78 is 25.9. The number of nitrogens with one attached hydrogen (secondary N) is 2. The van der Waals surface area contributed by atoms with Crippen molar-refractivity contribution >= 4 is 11.6 Å². The fourth-order valence-electron chi connectivity index (χ4n) is 2.26. The number of rotatable bonds is 3. The van der Waals surface area contributed by atoms with Gasteiger partial charge in [-0.3, -0.25) is 9.69 Å². The average molecular weight is 283 g/mol. The van der Waals surface area contributed by atoms with Crippen molar-refractivity contribution in [3.05, 3.63) is 29.8 Å². The number of nitrogens with zero attached hydrogens (tertiary/aromatic N) is 1. The molecule has 0 atom stereocenters. The highest BCUT2D eigenvalue weighted by Gasteiger charge is 2.30. The van der Waals surface area contributed by atoms with Gasteiger partial charge in [0.05, 0.1) is 6.54 Å². The summed E-state index contributed by atoms with van der Waals surface area (Å²) in [5.41, 5.74) is 0.158. The highest BCUT2D eigenvalue weighted by Crippen LogP contribution is 2.17. The van der Waals surface area contributed by atoms with Crippen LogP contribution >= 0.6 is 0 Å². The van der Waals surface area contributed by atoms with Crippen LogP contribution in [0.5, 0.6) is 0 Å². The summed E-state index contributed by atoms with van der Waals surface area (Å²) >= 11 is 0. The van der Waals surface area contributed by atoms with E-state index in [4.69, 9.17) is 0 Å². The molecule has 0 saturated carbocycles. The first kappa shape index (κ1) is 14.9. The Hall–Kier alpha value is -1.53. The van der Waals surface area contributed by atoms with Crippen molar-refractivity contribution in [3.8, 4) is 0 Å². The minimum atomic E-state index is -0.967. The van der Waals surface area contributed by atoms with E-state index >= 15 is 0 Å². The standard InChI is InChI=1S/C14H19F2N3O/c1-14(2)9-17-5-6-19(14)8-13(20)18-10-3-4-11(15)12(16)7-10/h3-4,7,17H,5-6,8-9H2,1-2H3,(H,18,20). The van der Waals surface area contributed by atoms with Gasteiger partial charge in [-0.15, -0.1) is 0 Å². The number of benzene rings is 1. The summed E-state index contributed by atoms with van der Waals surface area (Å²) in [7, 11) is 0. The molecule has 20 heavy (non-hydrogen) atoms. The van der Waals surface area contributed by atoms with Gasteiger partial charge in [0.15, 0.2) is 11.6 Å². The van der Waals surface area contributed by atoms with Crippen LogP contribution in [0.25, 0.3) is 0 Å². The molecule has 1 saturated heterocycles. The molecule has 1 amide bonds. The molecule has 2 rings (SSSR count). The summed E-state index contributed by atoms with van der Waals surface area (Å²) in [5, 5.41) is 5.86. The van der Waals surface area contributed by atoms with Crippen molar-refractivity contribution in [3.63, 3.8) is 0 Å². The van der Waals surface area contributed by atoms with Crippen LogP contribution in [0.2, 0.25) is 0 Å². The molecule has 0 aromatic heterocycles. The zero-order chi connectivity index (χ0) is 14.8. The van der Waals surface area contributed by atoms with E-state index in [1.54, 1.807) is 0 Å². The molecular formula is C14H19F2N3O. The molecule has 1 aliphatic heterocycles. The van der Waals surface area contributed by atoms with E-state index in [0.29, 0.717) is 0 Å². The monoisotopic (exact) mass is 283 g/mol. The van der Waals surface area contributed by atoms with Crippen LogP contribution in [0.3, 0.4) is 0 Å². The number of piperazine rings is 1. The maximum Gasteiger partial charge on any atom is 0.238 e. The minimum absolute atomic E-state index is 0.108. The third-order valence-corrected chi connectivity index (χ3v) is 3.51. The first-order valence-electron chi connectivity index (χ1n) is 6.59. The van der Waals surface area contributed by atoms with E-state index in [2.05, 4.69) is 29.4 Å². The number of halogens is 2. The van der Waals surface area contributed by atoms with Crippen LogP contribution in [0.4, 0.5) is 14.5 Å². The van der Waals surface area contributed by atoms with Crippen LogP contribution < -0.4 is 10.6 Å². The Labute approximate surface area is 117 Å². The maximum absolute atomic E-state index is 13.1. The van der Waals surface area contributed by atoms with Gasteiger partial charge in [0, 0.05) is 36.9 Å². The van der Waals surface area contributed by atoms with Gasteiger partial charge < -0.3 is 10.6 Å². The van der Waals surface area contributed by atoms with E-state index in [1.165, 1.54) is 6.07 Å². The topological polar surface area (TPSA) is 44.4 Å². The zero-order valence-corrected chi connectivity index (χ0v) is 11.7. The van der Waals surface area contributed by atoms with E-state index in [-0.39, 0.29) is 23.7 Å². The van der Waals surface area contributed by atoms with E-state index in [9.17, 15) is 13.6 Å². The third kappa shape index (κ3) is 3.52. The highest BCUT2D eigenvalue weighted by molar-refractivity contribution is 5.92. The Kier molecular flexibility index (Phi) is 4.35. The molecule has 0 spiro atoms. The van der Waals surface area contributed by atoms with E-state index < -0.39 is 11.6 Å². The van der Waals surface area contributed by atoms with Crippen molar-refractivity contribution < 1.29 is 13.6 Å². The molecule has 0 bridgehead atoms. The van der Waals surface area contributed by atoms with Gasteiger partial charge in [-0.1, -0.05) is 0 Å². The lowest BCUT2D eigenvalue weighted by Crippen LogP contribution is -2.59. The number of amides is 1. The van der Waals surface area contributed by atoms with Crippen molar-refractivity contribution in [2.45, 2.75) is 19.4 Å². The maximum atomic E-state index is 13.1. The molecule has 1 aromatic rings. The lowest BCUT2D eigenvalue weighted by Gasteiger charge is -2.42. The molecule has 4 nitrogen and oxygen atoms in total. The SMILES string of the molecule is CC1(C)CNCCN1CC(=O)Nc1ccc(F)c(F)c1. The van der Waals surface area contributed by atoms with E-state index in [1.807, 2.05) is 0 Å². The predicted molar refractivity (Wildman–Crippen MR) is 73.5 cm³/mol. The van der Waals surface area contributed by atoms with Gasteiger partial charge in [0.1, 0.15) is 0 Å². The molecule has 110 valence electrons. The molecular weight excluding hydrogens is 264 g/mol. The second kappa shape index (κ2) is 5.85. The second-order valence-electron chi connectivity index (χ2n) is 5.59. The molecule has 0 unspecified atom stereocenters. The molecule has 6 heteroatoms. The summed E-state index contributed by atoms with van der Waals surface area (Å²) in [4.78, 5) is 14.0. The van der Waals surface area contributed by atoms with Crippen LogP contribution in [0, 0.1) is 11.6 Å². The molecule has 1 heterocycles. The Morgan fingerprint density at radius 1 is 1.40 bits per heavy atom. The third-order valence-electron chi connectivity index (χ3n) is 3.51. The van der Waals surface area contributed by atoms with Gasteiger partial charge in [0.25, 0.3) is 0 Å². The fraction of sp³-hybridized carbons (Fsp3) is 0.500. The fourth-order valence-corrected chi connectivity index (χ4v) is 2.26. The van der Waals surface area contributed by atoms with Crippen molar-refractivity contribution in [2.75, 3.05) is 31.5 Å². The second-order valence-corrected chi connectivity index (χ2v) is 5.59. The van der Waals surface area contributed by atoms with Crippen LogP contribution in [-0.2, 0) is 4.79 Å². The summed E-state index contributed by atoms with van der Waals surface area (Å²) in [6, 6.07) is 3.33. The van der Waals surface area contributed by atoms with Crippen molar-refractivity contribution in [1.82, 2.24) is 10.2 Å². The minimum Gasteiger partial charge on any atom is -0.325 e. The summed E-state index contributed by atoms with van der Waals surface area (Å²) in [5.74, 6) is -2.12. The summed E-state index contributed by atoms with van der Waals surface area (Å²) in [6.45, 7) is 6.77. The number of anilines is 1. The quantitative estimate of drug-likeness (QED) is 0.885. The average Bonchev–Trinajstić information content (AvgIpc) is 2.36. The van der Waals surface area contributed by atoms with Crippen LogP contribution in [0.1, 0.15) is 13.8 Å². The number of hydrogen-bond donors (Lipinski definition) is 2. The number of carbonyl (C=O) groups is 1. The largest absolute Gasteiger partial charge is 0.325 e. The molecule has 0 aliphatic carbocycles. The molecule has 1 aromatic carbocycles. The predicted octanol–water partition coefficient (Wildman–Crippen LogP) is 1.59. The van der Waals surface area contributed by atoms with Gasteiger partial charge in [-0.25, -0.2) is 8.78 Å².